The summed E-state index contributed by atoms with van der Waals surface area (Å²) in [7, 11) is 0. The van der Waals surface area contributed by atoms with Crippen LogP contribution in [-0.2, 0) is 17.8 Å². The molecule has 1 unspecified atom stereocenters. The summed E-state index contributed by atoms with van der Waals surface area (Å²) >= 11 is 0. The molecule has 3 aromatic rings. The molecule has 1 amide bonds. The van der Waals surface area contributed by atoms with Crippen molar-refractivity contribution in [3.05, 3.63) is 76.1 Å². The monoisotopic (exact) mass is 426 g/mol. The van der Waals surface area contributed by atoms with E-state index in [9.17, 15) is 9.59 Å². The molecule has 1 aliphatic rings. The van der Waals surface area contributed by atoms with Gasteiger partial charge in [-0.1, -0.05) is 43.3 Å². The number of fused-ring (bicyclic) bond motifs is 1. The van der Waals surface area contributed by atoms with Crippen molar-refractivity contribution in [3.63, 3.8) is 0 Å². The molecule has 6 nitrogen and oxygen atoms in total. The third-order valence-corrected chi connectivity index (χ3v) is 5.64. The van der Waals surface area contributed by atoms with Gasteiger partial charge >= 0.3 is 0 Å². The van der Waals surface area contributed by atoms with Gasteiger partial charge in [-0.15, -0.1) is 12.4 Å². The highest BCUT2D eigenvalue weighted by Gasteiger charge is 2.27. The molecule has 0 spiro atoms. The Morgan fingerprint density at radius 1 is 1.17 bits per heavy atom. The summed E-state index contributed by atoms with van der Waals surface area (Å²) in [6.45, 7) is 4.84. The predicted octanol–water partition coefficient (Wildman–Crippen LogP) is 2.94. The Bertz CT molecular complexity index is 1060. The van der Waals surface area contributed by atoms with E-state index in [1.54, 1.807) is 10.7 Å². The van der Waals surface area contributed by atoms with Crippen LogP contribution in [0.4, 0.5) is 0 Å². The first-order valence-corrected chi connectivity index (χ1v) is 10.2. The van der Waals surface area contributed by atoms with Crippen LogP contribution in [0.15, 0.2) is 59.5 Å². The van der Waals surface area contributed by atoms with E-state index < -0.39 is 0 Å². The Labute approximate surface area is 182 Å². The Balaban J connectivity index is 0.00000256. The van der Waals surface area contributed by atoms with Crippen LogP contribution in [0.5, 0.6) is 0 Å². The normalized spacial score (nSPS) is 16.3. The number of nitrogens with zero attached hydrogens (tertiary/aromatic N) is 3. The van der Waals surface area contributed by atoms with E-state index in [2.05, 4.69) is 41.6 Å². The van der Waals surface area contributed by atoms with Gasteiger partial charge in [0.25, 0.3) is 0 Å². The zero-order chi connectivity index (χ0) is 20.2. The lowest BCUT2D eigenvalue weighted by molar-refractivity contribution is -0.134. The van der Waals surface area contributed by atoms with Crippen LogP contribution < -0.4 is 10.7 Å². The number of benzene rings is 2. The van der Waals surface area contributed by atoms with Crippen molar-refractivity contribution >= 4 is 29.2 Å². The van der Waals surface area contributed by atoms with Gasteiger partial charge in [-0.3, -0.25) is 14.3 Å². The Morgan fingerprint density at radius 2 is 1.93 bits per heavy atom. The third kappa shape index (κ3) is 4.55. The number of carbonyl (C=O) groups excluding carboxylic acids is 1. The molecule has 1 saturated heterocycles. The Hall–Kier alpha value is -2.70. The summed E-state index contributed by atoms with van der Waals surface area (Å²) in [4.78, 5) is 27.1. The molecule has 1 atom stereocenters. The third-order valence-electron chi connectivity index (χ3n) is 5.64. The van der Waals surface area contributed by atoms with Crippen molar-refractivity contribution in [2.75, 3.05) is 19.6 Å². The van der Waals surface area contributed by atoms with Crippen molar-refractivity contribution in [1.29, 1.82) is 0 Å². The first-order valence-electron chi connectivity index (χ1n) is 10.2. The molecular weight excluding hydrogens is 400 g/mol. The van der Waals surface area contributed by atoms with Crippen molar-refractivity contribution in [1.82, 2.24) is 20.0 Å². The van der Waals surface area contributed by atoms with Gasteiger partial charge in [-0.2, -0.15) is 5.10 Å². The van der Waals surface area contributed by atoms with E-state index in [4.69, 9.17) is 0 Å². The first kappa shape index (κ1) is 22.0. The molecule has 0 radical (unpaired) electrons. The second-order valence-electron chi connectivity index (χ2n) is 7.40. The number of rotatable bonds is 5. The van der Waals surface area contributed by atoms with Crippen LogP contribution in [0.25, 0.3) is 10.9 Å². The number of nitrogens with one attached hydrogen (secondary N) is 1. The summed E-state index contributed by atoms with van der Waals surface area (Å²) in [5, 5.41) is 8.28. The number of halogens is 1. The number of para-hydroxylation sites is 1. The highest BCUT2D eigenvalue weighted by Crippen LogP contribution is 2.24. The van der Waals surface area contributed by atoms with Gasteiger partial charge in [0.2, 0.25) is 11.3 Å². The topological polar surface area (TPSA) is 67.2 Å². The van der Waals surface area contributed by atoms with E-state index in [1.165, 1.54) is 11.8 Å². The van der Waals surface area contributed by atoms with Crippen LogP contribution >= 0.6 is 12.4 Å². The molecule has 1 fully saturated rings. The number of hydrogen-bond donors (Lipinski definition) is 1. The van der Waals surface area contributed by atoms with Crippen molar-refractivity contribution in [2.24, 2.45) is 0 Å². The van der Waals surface area contributed by atoms with Gasteiger partial charge in [0.15, 0.2) is 0 Å². The van der Waals surface area contributed by atoms with Gasteiger partial charge < -0.3 is 10.2 Å². The summed E-state index contributed by atoms with van der Waals surface area (Å²) in [6.07, 6.45) is 2.69. The maximum absolute atomic E-state index is 13.1. The molecule has 0 bridgehead atoms. The quantitative estimate of drug-likeness (QED) is 0.681. The summed E-state index contributed by atoms with van der Waals surface area (Å²) < 4.78 is 1.75. The number of piperazine rings is 1. The molecule has 7 heteroatoms. The smallest absolute Gasteiger partial charge is 0.225 e. The standard InChI is InChI=1S/C23H26N4O2.ClH/c1-2-17-7-9-18(10-8-17)21-15-24-12-14-26(21)23(29)11-13-27-20-6-4-3-5-19(20)22(28)16-25-27;/h3-10,16,21,24H,2,11-15H2,1H3;1H. The van der Waals surface area contributed by atoms with Gasteiger partial charge in [-0.25, -0.2) is 0 Å². The largest absolute Gasteiger partial charge is 0.333 e. The predicted molar refractivity (Wildman–Crippen MR) is 121 cm³/mol. The fourth-order valence-corrected chi connectivity index (χ4v) is 3.96. The van der Waals surface area contributed by atoms with Crippen LogP contribution in [-0.4, -0.2) is 40.2 Å². The SMILES string of the molecule is CCc1ccc(C2CNCCN2C(=O)CCn2ncc(=O)c3ccccc32)cc1.Cl. The van der Waals surface area contributed by atoms with Gasteiger partial charge in [-0.05, 0) is 29.7 Å². The van der Waals surface area contributed by atoms with Crippen LogP contribution in [0.2, 0.25) is 0 Å². The minimum absolute atomic E-state index is 0. The van der Waals surface area contributed by atoms with E-state index in [1.807, 2.05) is 23.1 Å². The molecule has 0 saturated carbocycles. The van der Waals surface area contributed by atoms with Crippen molar-refractivity contribution in [3.8, 4) is 0 Å². The second kappa shape index (κ2) is 9.87. The van der Waals surface area contributed by atoms with Gasteiger partial charge in [0.1, 0.15) is 0 Å². The minimum atomic E-state index is -0.0964. The average Bonchev–Trinajstić information content (AvgIpc) is 2.79. The minimum Gasteiger partial charge on any atom is -0.333 e. The highest BCUT2D eigenvalue weighted by atomic mass is 35.5. The van der Waals surface area contributed by atoms with Crippen molar-refractivity contribution < 1.29 is 4.79 Å². The molecule has 1 aromatic heterocycles. The van der Waals surface area contributed by atoms with Gasteiger partial charge in [0, 0.05) is 31.4 Å². The zero-order valence-corrected chi connectivity index (χ0v) is 17.9. The lowest BCUT2D eigenvalue weighted by Crippen LogP contribution is -2.48. The molecule has 2 aromatic carbocycles. The summed E-state index contributed by atoms with van der Waals surface area (Å²) in [6, 6.07) is 16.0. The van der Waals surface area contributed by atoms with E-state index in [0.29, 0.717) is 24.9 Å². The lowest BCUT2D eigenvalue weighted by Gasteiger charge is -2.36. The number of carbonyl (C=O) groups is 1. The number of aryl methyl sites for hydroxylation is 2. The fraction of sp³-hybridized carbons (Fsp3) is 0.348. The molecule has 2 heterocycles. The maximum atomic E-state index is 13.1. The molecule has 158 valence electrons. The highest BCUT2D eigenvalue weighted by molar-refractivity contribution is 5.85. The molecule has 1 N–H and O–H groups in total. The number of amides is 1. The molecule has 1 aliphatic heterocycles. The van der Waals surface area contributed by atoms with Crippen LogP contribution in [0, 0.1) is 0 Å². The van der Waals surface area contributed by atoms with Crippen LogP contribution in [0.3, 0.4) is 0 Å². The van der Waals surface area contributed by atoms with E-state index in [0.717, 1.165) is 30.6 Å². The lowest BCUT2D eigenvalue weighted by atomic mass is 10.0. The maximum Gasteiger partial charge on any atom is 0.225 e. The fourth-order valence-electron chi connectivity index (χ4n) is 3.96. The first-order chi connectivity index (χ1) is 14.2. The molecule has 30 heavy (non-hydrogen) atoms. The second-order valence-corrected chi connectivity index (χ2v) is 7.40. The summed E-state index contributed by atoms with van der Waals surface area (Å²) in [5.41, 5.74) is 3.13. The average molecular weight is 427 g/mol. The molecular formula is C23H27ClN4O2. The Kier molecular flexibility index (Phi) is 7.24. The van der Waals surface area contributed by atoms with Crippen LogP contribution in [0.1, 0.15) is 30.5 Å². The summed E-state index contributed by atoms with van der Waals surface area (Å²) in [5.74, 6) is 0.112. The van der Waals surface area contributed by atoms with E-state index in [-0.39, 0.29) is 29.8 Å². The van der Waals surface area contributed by atoms with E-state index >= 15 is 0 Å². The Morgan fingerprint density at radius 3 is 2.70 bits per heavy atom. The molecule has 4 rings (SSSR count). The molecule has 0 aliphatic carbocycles. The van der Waals surface area contributed by atoms with Gasteiger partial charge in [0.05, 0.1) is 24.3 Å². The number of aromatic nitrogens is 2. The number of hydrogen-bond acceptors (Lipinski definition) is 4. The van der Waals surface area contributed by atoms with Crippen molar-refractivity contribution in [2.45, 2.75) is 32.4 Å². The zero-order valence-electron chi connectivity index (χ0n) is 17.1.